The number of hydrogen-bond donors (Lipinski definition) is 16. The number of aliphatic hydroxyl groups excluding tert-OH is 1. The molecule has 1 saturated heterocycles. The number of carbonyl (C=O) groups excluding carboxylic acids is 8. The minimum absolute atomic E-state index is 0.00160. The van der Waals surface area contributed by atoms with E-state index in [0.29, 0.717) is 19.3 Å². The lowest BCUT2D eigenvalue weighted by Gasteiger charge is -2.28. The number of thiol groups is 2. The van der Waals surface area contributed by atoms with E-state index in [2.05, 4.69) is 67.8 Å². The van der Waals surface area contributed by atoms with Gasteiger partial charge in [0.1, 0.15) is 42.3 Å². The summed E-state index contributed by atoms with van der Waals surface area (Å²) in [5.41, 5.74) is 16.6. The molecule has 1 fully saturated rings. The van der Waals surface area contributed by atoms with Crippen LogP contribution in [0.4, 0.5) is 0 Å². The number of aliphatic hydroxyl groups is 1. The molecule has 0 aromatic heterocycles. The maximum atomic E-state index is 13.7. The fraction of sp³-hybridized carbons (Fsp3) is 0.722. The third-order valence-electron chi connectivity index (χ3n) is 9.61. The molecule has 0 aromatic rings. The van der Waals surface area contributed by atoms with E-state index in [0.717, 1.165) is 0 Å². The molecule has 26 heteroatoms. The molecular weight excluding hydrogens is 855 g/mol. The van der Waals surface area contributed by atoms with Crippen LogP contribution in [0, 0.1) is 11.3 Å². The van der Waals surface area contributed by atoms with Crippen LogP contribution in [0.1, 0.15) is 65.7 Å². The number of amides is 8. The van der Waals surface area contributed by atoms with Gasteiger partial charge >= 0.3 is 5.97 Å². The molecule has 1 heterocycles. The van der Waals surface area contributed by atoms with Crippen molar-refractivity contribution in [3.8, 4) is 0 Å². The summed E-state index contributed by atoms with van der Waals surface area (Å²) in [5.74, 6) is -8.47. The Labute approximate surface area is 371 Å². The van der Waals surface area contributed by atoms with Crippen LogP contribution in [-0.2, 0) is 43.2 Å². The van der Waals surface area contributed by atoms with Gasteiger partial charge in [0.05, 0.1) is 19.2 Å². The predicted molar refractivity (Wildman–Crippen MR) is 232 cm³/mol. The average Bonchev–Trinajstić information content (AvgIpc) is 3.72. The summed E-state index contributed by atoms with van der Waals surface area (Å²) >= 11 is 7.90. The van der Waals surface area contributed by atoms with Gasteiger partial charge in [0.25, 0.3) is 0 Å². The Morgan fingerprint density at radius 2 is 1.34 bits per heavy atom. The number of guanidine groups is 1. The van der Waals surface area contributed by atoms with Gasteiger partial charge in [0, 0.05) is 24.6 Å². The summed E-state index contributed by atoms with van der Waals surface area (Å²) in [6, 6.07) is -9.69. The Hall–Kier alpha value is -4.92. The summed E-state index contributed by atoms with van der Waals surface area (Å²) in [5, 5.41) is 46.3. The van der Waals surface area contributed by atoms with Crippen LogP contribution >= 0.6 is 25.3 Å². The van der Waals surface area contributed by atoms with Crippen molar-refractivity contribution in [3.05, 3.63) is 0 Å². The number of carbonyl (C=O) groups is 9. The summed E-state index contributed by atoms with van der Waals surface area (Å²) in [7, 11) is 0. The second kappa shape index (κ2) is 28.6. The third kappa shape index (κ3) is 19.0. The van der Waals surface area contributed by atoms with Crippen molar-refractivity contribution in [2.75, 3.05) is 44.3 Å². The van der Waals surface area contributed by atoms with Crippen LogP contribution in [0.3, 0.4) is 0 Å². The van der Waals surface area contributed by atoms with E-state index in [4.69, 9.17) is 22.6 Å². The molecular formula is C36H65N13O11S2. The van der Waals surface area contributed by atoms with Crippen molar-refractivity contribution < 1.29 is 53.4 Å². The molecule has 17 N–H and O–H groups in total. The first kappa shape index (κ1) is 55.1. The summed E-state index contributed by atoms with van der Waals surface area (Å²) in [4.78, 5) is 118. The SMILES string of the molecule is CC(C)[C@H](NC(=O)[C@H](CCCCN)NC(=O)[C@H](C)NC(=O)CNC(=O)[C@@H]1CCCN1C(=O)[C@H](CO)NC(=O)[C@@H](N)CS)C(=O)N[C@@H](CCCNC(=N)N)C(=O)N[C@@H](CS)C(=O)O. The molecule has 62 heavy (non-hydrogen) atoms. The Morgan fingerprint density at radius 3 is 1.89 bits per heavy atom. The maximum Gasteiger partial charge on any atom is 0.327 e. The molecule has 1 aliphatic rings. The van der Waals surface area contributed by atoms with Crippen molar-refractivity contribution in [2.24, 2.45) is 23.1 Å². The zero-order valence-electron chi connectivity index (χ0n) is 35.2. The summed E-state index contributed by atoms with van der Waals surface area (Å²) < 4.78 is 0. The summed E-state index contributed by atoms with van der Waals surface area (Å²) in [6.45, 7) is 3.87. The first-order valence-electron chi connectivity index (χ1n) is 20.2. The standard InChI is InChI=1S/C36H65N13O11S2/c1-18(2)27(33(57)45-22(9-6-12-41-36(39)40)30(54)47-24(17-62)35(59)60)48-31(55)21(8-4-5-11-37)44-28(52)19(3)43-26(51)14-42-32(56)25-10-7-13-49(25)34(58)23(15-50)46-29(53)20(38)16-61/h18-25,27,50,61-62H,4-17,37-38H2,1-3H3,(H,42,56)(H,43,51)(H,44,52)(H,45,57)(H,46,53)(H,47,54)(H,48,55)(H,59,60)(H4,39,40,41)/t19-,20-,21-,22-,23-,24-,25-,27-/m0/s1. The van der Waals surface area contributed by atoms with Gasteiger partial charge in [0.2, 0.25) is 47.3 Å². The molecule has 0 spiro atoms. The summed E-state index contributed by atoms with van der Waals surface area (Å²) in [6.07, 6.45) is 1.87. The lowest BCUT2D eigenvalue weighted by Crippen LogP contribution is -2.60. The van der Waals surface area contributed by atoms with Gasteiger partial charge in [-0.15, -0.1) is 0 Å². The second-order valence-corrected chi connectivity index (χ2v) is 15.7. The number of carboxylic acids is 1. The quantitative estimate of drug-likeness (QED) is 0.0151. The van der Waals surface area contributed by atoms with Gasteiger partial charge in [-0.25, -0.2) is 4.79 Å². The largest absolute Gasteiger partial charge is 0.480 e. The minimum Gasteiger partial charge on any atom is -0.480 e. The number of nitrogens with one attached hydrogen (secondary N) is 9. The van der Waals surface area contributed by atoms with E-state index in [9.17, 15) is 53.4 Å². The number of unbranched alkanes of at least 4 members (excludes halogenated alkanes) is 1. The monoisotopic (exact) mass is 919 g/mol. The Bertz CT molecular complexity index is 1580. The van der Waals surface area contributed by atoms with Crippen molar-refractivity contribution >= 4 is 84.4 Å². The molecule has 0 aromatic carbocycles. The van der Waals surface area contributed by atoms with Gasteiger partial charge in [0.15, 0.2) is 5.96 Å². The lowest BCUT2D eigenvalue weighted by molar-refractivity contribution is -0.142. The molecule has 8 amide bonds. The maximum absolute atomic E-state index is 13.7. The van der Waals surface area contributed by atoms with Crippen molar-refractivity contribution in [1.29, 1.82) is 5.41 Å². The number of nitrogens with two attached hydrogens (primary N) is 3. The minimum atomic E-state index is -1.36. The van der Waals surface area contributed by atoms with E-state index < -0.39 is 121 Å². The second-order valence-electron chi connectivity index (χ2n) is 14.9. The highest BCUT2D eigenvalue weighted by Crippen LogP contribution is 2.19. The molecule has 352 valence electrons. The fourth-order valence-electron chi connectivity index (χ4n) is 6.06. The van der Waals surface area contributed by atoms with E-state index in [1.54, 1.807) is 13.8 Å². The molecule has 24 nitrogen and oxygen atoms in total. The van der Waals surface area contributed by atoms with Crippen molar-refractivity contribution in [2.45, 2.75) is 114 Å². The van der Waals surface area contributed by atoms with Crippen LogP contribution in [0.25, 0.3) is 0 Å². The first-order chi connectivity index (χ1) is 29.2. The fourth-order valence-corrected chi connectivity index (χ4v) is 6.47. The molecule has 0 radical (unpaired) electrons. The number of likely N-dealkylation sites (tertiary alicyclic amines) is 1. The highest BCUT2D eigenvalue weighted by molar-refractivity contribution is 7.80. The highest BCUT2D eigenvalue weighted by atomic mass is 32.1. The van der Waals surface area contributed by atoms with E-state index in [1.807, 2.05) is 0 Å². The Morgan fingerprint density at radius 1 is 0.758 bits per heavy atom. The number of carboxylic acid groups (broad SMARTS) is 1. The predicted octanol–water partition coefficient (Wildman–Crippen LogP) is -5.67. The molecule has 1 rings (SSSR count). The third-order valence-corrected chi connectivity index (χ3v) is 10.4. The zero-order chi connectivity index (χ0) is 47.1. The number of nitrogens with zero attached hydrogens (tertiary/aromatic N) is 1. The molecule has 0 aliphatic carbocycles. The number of rotatable bonds is 28. The smallest absolute Gasteiger partial charge is 0.327 e. The van der Waals surface area contributed by atoms with Gasteiger partial charge < -0.3 is 74.8 Å². The van der Waals surface area contributed by atoms with Gasteiger partial charge in [-0.05, 0) is 64.3 Å². The van der Waals surface area contributed by atoms with Crippen molar-refractivity contribution in [3.63, 3.8) is 0 Å². The van der Waals surface area contributed by atoms with E-state index in [1.165, 1.54) is 11.8 Å². The van der Waals surface area contributed by atoms with Gasteiger partial charge in [-0.2, -0.15) is 25.3 Å². The number of hydrogen-bond acceptors (Lipinski definition) is 15. The molecule has 0 saturated carbocycles. The molecule has 0 bridgehead atoms. The number of aliphatic carboxylic acids is 1. The Kier molecular flexibility index (Phi) is 25.4. The van der Waals surface area contributed by atoms with Gasteiger partial charge in [-0.3, -0.25) is 43.8 Å². The van der Waals surface area contributed by atoms with Gasteiger partial charge in [-0.1, -0.05) is 13.8 Å². The van der Waals surface area contributed by atoms with Crippen LogP contribution in [0.5, 0.6) is 0 Å². The van der Waals surface area contributed by atoms with Crippen LogP contribution in [-0.4, -0.2) is 167 Å². The van der Waals surface area contributed by atoms with Crippen LogP contribution in [0.15, 0.2) is 0 Å². The first-order valence-corrected chi connectivity index (χ1v) is 21.5. The van der Waals surface area contributed by atoms with E-state index in [-0.39, 0.29) is 62.8 Å². The highest BCUT2D eigenvalue weighted by Gasteiger charge is 2.38. The normalized spacial score (nSPS) is 16.9. The van der Waals surface area contributed by atoms with E-state index >= 15 is 0 Å². The topological polar surface area (TPSA) is 395 Å². The lowest BCUT2D eigenvalue weighted by atomic mass is 10.0. The molecule has 8 atom stereocenters. The molecule has 1 aliphatic heterocycles. The zero-order valence-corrected chi connectivity index (χ0v) is 37.0. The Balaban J connectivity index is 3.00. The average molecular weight is 920 g/mol. The van der Waals surface area contributed by atoms with Crippen LogP contribution < -0.4 is 59.7 Å². The van der Waals surface area contributed by atoms with Crippen LogP contribution in [0.2, 0.25) is 0 Å². The van der Waals surface area contributed by atoms with Crippen molar-refractivity contribution in [1.82, 2.24) is 47.4 Å². The molecule has 0 unspecified atom stereocenters.